The first-order chi connectivity index (χ1) is 15.3. The molecule has 0 bridgehead atoms. The van der Waals surface area contributed by atoms with Crippen molar-refractivity contribution in [3.05, 3.63) is 99.6 Å². The van der Waals surface area contributed by atoms with E-state index in [1.807, 2.05) is 26.0 Å². The van der Waals surface area contributed by atoms with Crippen molar-refractivity contribution in [1.29, 1.82) is 0 Å². The number of nitrogens with zero attached hydrogens (tertiary/aromatic N) is 1. The fraction of sp³-hybridized carbons (Fsp3) is 0.120. The first kappa shape index (κ1) is 21.0. The Bertz CT molecular complexity index is 1300. The van der Waals surface area contributed by atoms with Crippen molar-refractivity contribution in [2.75, 3.05) is 4.90 Å². The van der Waals surface area contributed by atoms with Crippen molar-refractivity contribution in [3.8, 4) is 0 Å². The van der Waals surface area contributed by atoms with Crippen LogP contribution in [0.25, 0.3) is 0 Å². The Morgan fingerprint density at radius 3 is 2.34 bits per heavy atom. The van der Waals surface area contributed by atoms with Gasteiger partial charge in [0, 0.05) is 12.1 Å². The lowest BCUT2D eigenvalue weighted by Crippen LogP contribution is -2.30. The van der Waals surface area contributed by atoms with Crippen molar-refractivity contribution in [3.63, 3.8) is 0 Å². The van der Waals surface area contributed by atoms with Crippen LogP contribution in [0.15, 0.2) is 60.7 Å². The molecule has 1 aliphatic heterocycles. The van der Waals surface area contributed by atoms with E-state index in [-0.39, 0.29) is 28.8 Å². The summed E-state index contributed by atoms with van der Waals surface area (Å²) in [5.74, 6) is -2.37. The van der Waals surface area contributed by atoms with Gasteiger partial charge in [-0.2, -0.15) is 0 Å². The van der Waals surface area contributed by atoms with Gasteiger partial charge in [0.05, 0.1) is 22.4 Å². The molecule has 0 aromatic heterocycles. The van der Waals surface area contributed by atoms with Gasteiger partial charge in [0.1, 0.15) is 0 Å². The molecular formula is C25H20N2O5. The lowest BCUT2D eigenvalue weighted by molar-refractivity contribution is 0.0696. The fourth-order valence-electron chi connectivity index (χ4n) is 3.76. The van der Waals surface area contributed by atoms with E-state index in [2.05, 4.69) is 5.32 Å². The van der Waals surface area contributed by atoms with Gasteiger partial charge in [0.2, 0.25) is 0 Å². The number of benzene rings is 3. The minimum absolute atomic E-state index is 0.124. The quantitative estimate of drug-likeness (QED) is 0.603. The zero-order valence-electron chi connectivity index (χ0n) is 17.5. The molecule has 2 N–H and O–H groups in total. The standard InChI is InChI=1S/C25H20N2O5/c1-14-6-9-21(15(2)10-14)27-23(29)19-8-7-17(12-20(19)24(27)30)22(28)26-13-16-4-3-5-18(11-16)25(31)32/h3-12H,13H2,1-2H3,(H,26,28)(H,31,32). The van der Waals surface area contributed by atoms with Gasteiger partial charge >= 0.3 is 5.97 Å². The van der Waals surface area contributed by atoms with Crippen molar-refractivity contribution < 1.29 is 24.3 Å². The van der Waals surface area contributed by atoms with E-state index in [1.54, 1.807) is 18.2 Å². The molecule has 4 rings (SSSR count). The number of anilines is 1. The van der Waals surface area contributed by atoms with Crippen LogP contribution in [0, 0.1) is 13.8 Å². The number of carboxylic acids is 1. The number of carbonyl (C=O) groups excluding carboxylic acids is 3. The average molecular weight is 428 g/mol. The monoisotopic (exact) mass is 428 g/mol. The Morgan fingerprint density at radius 2 is 1.62 bits per heavy atom. The molecule has 7 heteroatoms. The molecule has 1 aliphatic rings. The Balaban J connectivity index is 1.55. The van der Waals surface area contributed by atoms with E-state index in [0.29, 0.717) is 11.3 Å². The predicted octanol–water partition coefficient (Wildman–Crippen LogP) is 3.73. The van der Waals surface area contributed by atoms with Crippen LogP contribution < -0.4 is 10.2 Å². The van der Waals surface area contributed by atoms with Crippen LogP contribution in [0.2, 0.25) is 0 Å². The number of carbonyl (C=O) groups is 4. The minimum atomic E-state index is -1.05. The van der Waals surface area contributed by atoms with Gasteiger partial charge in [-0.15, -0.1) is 0 Å². The van der Waals surface area contributed by atoms with E-state index in [9.17, 15) is 19.2 Å². The molecule has 3 amide bonds. The molecule has 3 aromatic carbocycles. The van der Waals surface area contributed by atoms with Crippen molar-refractivity contribution >= 4 is 29.4 Å². The van der Waals surface area contributed by atoms with Crippen LogP contribution in [0.3, 0.4) is 0 Å². The Kier molecular flexibility index (Phi) is 5.32. The number of aromatic carboxylic acids is 1. The number of hydrogen-bond acceptors (Lipinski definition) is 4. The van der Waals surface area contributed by atoms with E-state index in [4.69, 9.17) is 5.11 Å². The average Bonchev–Trinajstić information content (AvgIpc) is 3.02. The molecule has 0 saturated carbocycles. The zero-order valence-corrected chi connectivity index (χ0v) is 17.5. The first-order valence-corrected chi connectivity index (χ1v) is 9.97. The third kappa shape index (κ3) is 3.76. The molecule has 0 spiro atoms. The maximum absolute atomic E-state index is 13.0. The summed E-state index contributed by atoms with van der Waals surface area (Å²) in [6.07, 6.45) is 0. The molecule has 32 heavy (non-hydrogen) atoms. The summed E-state index contributed by atoms with van der Waals surface area (Å²) < 4.78 is 0. The van der Waals surface area contributed by atoms with Crippen molar-refractivity contribution in [2.24, 2.45) is 0 Å². The second-order valence-electron chi connectivity index (χ2n) is 7.68. The van der Waals surface area contributed by atoms with Crippen LogP contribution >= 0.6 is 0 Å². The minimum Gasteiger partial charge on any atom is -0.478 e. The third-order valence-electron chi connectivity index (χ3n) is 5.37. The highest BCUT2D eigenvalue weighted by Crippen LogP contribution is 2.31. The molecule has 7 nitrogen and oxygen atoms in total. The summed E-state index contributed by atoms with van der Waals surface area (Å²) in [4.78, 5) is 50.8. The second-order valence-corrected chi connectivity index (χ2v) is 7.68. The molecule has 160 valence electrons. The molecule has 0 unspecified atom stereocenters. The zero-order chi connectivity index (χ0) is 23.0. The summed E-state index contributed by atoms with van der Waals surface area (Å²) in [5, 5.41) is 11.8. The predicted molar refractivity (Wildman–Crippen MR) is 118 cm³/mol. The van der Waals surface area contributed by atoms with E-state index >= 15 is 0 Å². The largest absolute Gasteiger partial charge is 0.478 e. The van der Waals surface area contributed by atoms with Gasteiger partial charge < -0.3 is 10.4 Å². The maximum atomic E-state index is 13.0. The molecule has 0 atom stereocenters. The Morgan fingerprint density at radius 1 is 0.875 bits per heavy atom. The van der Waals surface area contributed by atoms with E-state index < -0.39 is 23.7 Å². The van der Waals surface area contributed by atoms with Crippen LogP contribution in [0.4, 0.5) is 5.69 Å². The lowest BCUT2D eigenvalue weighted by Gasteiger charge is -2.16. The van der Waals surface area contributed by atoms with Gasteiger partial charge in [-0.3, -0.25) is 14.4 Å². The number of fused-ring (bicyclic) bond motifs is 1. The van der Waals surface area contributed by atoms with E-state index in [0.717, 1.165) is 16.0 Å². The normalized spacial score (nSPS) is 12.6. The van der Waals surface area contributed by atoms with Crippen LogP contribution in [-0.4, -0.2) is 28.8 Å². The van der Waals surface area contributed by atoms with Crippen LogP contribution in [-0.2, 0) is 6.54 Å². The van der Waals surface area contributed by atoms with Crippen LogP contribution in [0.5, 0.6) is 0 Å². The number of nitrogens with one attached hydrogen (secondary N) is 1. The number of hydrogen-bond donors (Lipinski definition) is 2. The smallest absolute Gasteiger partial charge is 0.335 e. The van der Waals surface area contributed by atoms with Crippen molar-refractivity contribution in [1.82, 2.24) is 5.32 Å². The second kappa shape index (κ2) is 8.11. The summed E-state index contributed by atoms with van der Waals surface area (Å²) in [6, 6.07) is 16.1. The van der Waals surface area contributed by atoms with E-state index in [1.165, 1.54) is 30.3 Å². The highest BCUT2D eigenvalue weighted by molar-refractivity contribution is 6.35. The molecule has 3 aromatic rings. The lowest BCUT2D eigenvalue weighted by atomic mass is 10.1. The number of rotatable bonds is 5. The summed E-state index contributed by atoms with van der Waals surface area (Å²) in [6.45, 7) is 3.89. The van der Waals surface area contributed by atoms with Gasteiger partial charge in [0.25, 0.3) is 17.7 Å². The fourth-order valence-corrected chi connectivity index (χ4v) is 3.76. The molecular weight excluding hydrogens is 408 g/mol. The molecule has 0 aliphatic carbocycles. The molecule has 0 fully saturated rings. The van der Waals surface area contributed by atoms with Gasteiger partial charge in [0.15, 0.2) is 0 Å². The number of amides is 3. The number of carboxylic acid groups (broad SMARTS) is 1. The topological polar surface area (TPSA) is 104 Å². The van der Waals surface area contributed by atoms with Crippen molar-refractivity contribution in [2.45, 2.75) is 20.4 Å². The first-order valence-electron chi connectivity index (χ1n) is 9.97. The summed E-state index contributed by atoms with van der Waals surface area (Å²) in [5.41, 5.74) is 3.78. The van der Waals surface area contributed by atoms with Gasteiger partial charge in [-0.05, 0) is 61.4 Å². The maximum Gasteiger partial charge on any atom is 0.335 e. The Hall–Kier alpha value is -4.26. The molecule has 0 saturated heterocycles. The number of aryl methyl sites for hydroxylation is 2. The Labute approximate surface area is 184 Å². The van der Waals surface area contributed by atoms with Gasteiger partial charge in [-0.25, -0.2) is 9.69 Å². The highest BCUT2D eigenvalue weighted by Gasteiger charge is 2.37. The number of imide groups is 1. The summed E-state index contributed by atoms with van der Waals surface area (Å²) in [7, 11) is 0. The SMILES string of the molecule is Cc1ccc(N2C(=O)c3ccc(C(=O)NCc4cccc(C(=O)O)c4)cc3C2=O)c(C)c1. The highest BCUT2D eigenvalue weighted by atomic mass is 16.4. The van der Waals surface area contributed by atoms with Crippen LogP contribution in [0.1, 0.15) is 58.1 Å². The van der Waals surface area contributed by atoms with Gasteiger partial charge in [-0.1, -0.05) is 29.8 Å². The molecule has 1 heterocycles. The molecule has 0 radical (unpaired) electrons. The summed E-state index contributed by atoms with van der Waals surface area (Å²) >= 11 is 0. The third-order valence-corrected chi connectivity index (χ3v) is 5.37.